The lowest BCUT2D eigenvalue weighted by Gasteiger charge is -2.07. The van der Waals surface area contributed by atoms with E-state index < -0.39 is 5.97 Å². The van der Waals surface area contributed by atoms with E-state index in [9.17, 15) is 4.79 Å². The molecule has 1 aliphatic rings. The Morgan fingerprint density at radius 1 is 0.794 bits per heavy atom. The average Bonchev–Trinajstić information content (AvgIpc) is 3.24. The van der Waals surface area contributed by atoms with Crippen LogP contribution < -0.4 is 4.74 Å². The zero-order chi connectivity index (χ0) is 23.3. The summed E-state index contributed by atoms with van der Waals surface area (Å²) in [5.74, 6) is 0.564. The molecule has 4 aromatic rings. The van der Waals surface area contributed by atoms with Crippen LogP contribution in [0.3, 0.4) is 0 Å². The van der Waals surface area contributed by atoms with E-state index in [2.05, 4.69) is 51.8 Å². The molecule has 4 aromatic carbocycles. The summed E-state index contributed by atoms with van der Waals surface area (Å²) in [6, 6.07) is 33.7. The maximum absolute atomic E-state index is 12.4. The molecule has 0 aliphatic carbocycles. The number of aliphatic imine (C=N–C) groups is 1. The van der Waals surface area contributed by atoms with Gasteiger partial charge in [-0.2, -0.15) is 0 Å². The minimum Gasteiger partial charge on any atom is -0.489 e. The van der Waals surface area contributed by atoms with Crippen LogP contribution in [0.1, 0.15) is 16.7 Å². The van der Waals surface area contributed by atoms with Crippen LogP contribution in [-0.2, 0) is 16.1 Å². The second-order valence-corrected chi connectivity index (χ2v) is 9.01. The highest BCUT2D eigenvalue weighted by Crippen LogP contribution is 2.24. The van der Waals surface area contributed by atoms with Gasteiger partial charge in [-0.1, -0.05) is 66.7 Å². The normalized spacial score (nSPS) is 14.1. The predicted molar refractivity (Wildman–Crippen MR) is 142 cm³/mol. The summed E-state index contributed by atoms with van der Waals surface area (Å²) < 4.78 is 12.5. The van der Waals surface area contributed by atoms with Gasteiger partial charge >= 0.3 is 5.97 Å². The summed E-state index contributed by atoms with van der Waals surface area (Å²) in [5.41, 5.74) is 5.15. The second-order valence-electron chi connectivity index (χ2n) is 7.77. The molecule has 0 aromatic heterocycles. The van der Waals surface area contributed by atoms with Crippen LogP contribution in [0.5, 0.6) is 5.75 Å². The van der Waals surface area contributed by atoms with Gasteiger partial charge in [-0.3, -0.25) is 0 Å². The van der Waals surface area contributed by atoms with Gasteiger partial charge in [0.15, 0.2) is 5.70 Å². The van der Waals surface area contributed by atoms with Crippen LogP contribution in [-0.4, -0.2) is 11.9 Å². The zero-order valence-corrected chi connectivity index (χ0v) is 20.3. The minimum absolute atomic E-state index is 0.261. The van der Waals surface area contributed by atoms with Gasteiger partial charge in [-0.05, 0) is 87.3 Å². The van der Waals surface area contributed by atoms with Crippen molar-refractivity contribution in [2.24, 2.45) is 4.99 Å². The van der Waals surface area contributed by atoms with E-state index in [1.54, 1.807) is 6.08 Å². The van der Waals surface area contributed by atoms with E-state index in [-0.39, 0.29) is 5.70 Å². The van der Waals surface area contributed by atoms with Crippen molar-refractivity contribution in [1.82, 2.24) is 0 Å². The van der Waals surface area contributed by atoms with Crippen molar-refractivity contribution in [2.75, 3.05) is 0 Å². The van der Waals surface area contributed by atoms with Crippen LogP contribution in [0.2, 0.25) is 0 Å². The number of esters is 1. The quantitative estimate of drug-likeness (QED) is 0.148. The van der Waals surface area contributed by atoms with E-state index in [1.165, 1.54) is 3.57 Å². The number of ether oxygens (including phenoxy) is 2. The molecule has 34 heavy (non-hydrogen) atoms. The van der Waals surface area contributed by atoms with Crippen molar-refractivity contribution < 1.29 is 14.3 Å². The predicted octanol–water partition coefficient (Wildman–Crippen LogP) is 6.88. The third-order valence-corrected chi connectivity index (χ3v) is 6.06. The molecule has 0 amide bonds. The smallest absolute Gasteiger partial charge is 0.363 e. The zero-order valence-electron chi connectivity index (χ0n) is 18.1. The van der Waals surface area contributed by atoms with Crippen molar-refractivity contribution in [3.05, 3.63) is 129 Å². The van der Waals surface area contributed by atoms with Crippen molar-refractivity contribution in [3.8, 4) is 16.9 Å². The van der Waals surface area contributed by atoms with Crippen LogP contribution in [0.25, 0.3) is 17.2 Å². The van der Waals surface area contributed by atoms with E-state index in [4.69, 9.17) is 9.47 Å². The van der Waals surface area contributed by atoms with Gasteiger partial charge in [-0.25, -0.2) is 9.79 Å². The molecule has 0 bridgehead atoms. The summed E-state index contributed by atoms with van der Waals surface area (Å²) >= 11 is 2.28. The number of benzene rings is 4. The van der Waals surface area contributed by atoms with E-state index in [0.717, 1.165) is 33.6 Å². The van der Waals surface area contributed by atoms with Gasteiger partial charge in [0.25, 0.3) is 0 Å². The number of carbonyl (C=O) groups excluding carboxylic acids is 1. The SMILES string of the molecule is O=C1OC(c2ccc(-c3ccccc3)cc2)=N/C1=C\c1cccc(OCc2ccc(I)cc2)c1. The topological polar surface area (TPSA) is 47.9 Å². The lowest BCUT2D eigenvalue weighted by atomic mass is 10.0. The molecule has 4 nitrogen and oxygen atoms in total. The van der Waals surface area contributed by atoms with E-state index in [0.29, 0.717) is 12.5 Å². The Kier molecular flexibility index (Phi) is 6.53. The Labute approximate surface area is 211 Å². The van der Waals surface area contributed by atoms with Gasteiger partial charge in [0.1, 0.15) is 12.4 Å². The average molecular weight is 557 g/mol. The lowest BCUT2D eigenvalue weighted by molar-refractivity contribution is -0.129. The molecule has 0 unspecified atom stereocenters. The molecule has 1 aliphatic heterocycles. The highest BCUT2D eigenvalue weighted by molar-refractivity contribution is 14.1. The molecular formula is C29H20INO3. The Balaban J connectivity index is 1.31. The van der Waals surface area contributed by atoms with Crippen molar-refractivity contribution >= 4 is 40.5 Å². The van der Waals surface area contributed by atoms with Gasteiger partial charge in [-0.15, -0.1) is 0 Å². The van der Waals surface area contributed by atoms with Crippen molar-refractivity contribution in [1.29, 1.82) is 0 Å². The number of hydrogen-bond acceptors (Lipinski definition) is 4. The number of nitrogens with zero attached hydrogens (tertiary/aromatic N) is 1. The maximum atomic E-state index is 12.4. The van der Waals surface area contributed by atoms with E-state index >= 15 is 0 Å². The Hall–Kier alpha value is -3.71. The third-order valence-electron chi connectivity index (χ3n) is 5.34. The largest absolute Gasteiger partial charge is 0.489 e. The first kappa shape index (κ1) is 22.1. The van der Waals surface area contributed by atoms with Crippen molar-refractivity contribution in [3.63, 3.8) is 0 Å². The molecule has 0 saturated heterocycles. The fourth-order valence-corrected chi connectivity index (χ4v) is 3.93. The number of cyclic esters (lactones) is 1. The maximum Gasteiger partial charge on any atom is 0.363 e. The molecule has 0 atom stereocenters. The summed E-state index contributed by atoms with van der Waals surface area (Å²) in [6.07, 6.45) is 1.71. The molecule has 1 heterocycles. The summed E-state index contributed by atoms with van der Waals surface area (Å²) in [6.45, 7) is 0.472. The minimum atomic E-state index is -0.465. The van der Waals surface area contributed by atoms with Crippen molar-refractivity contribution in [2.45, 2.75) is 6.61 Å². The first-order valence-electron chi connectivity index (χ1n) is 10.8. The third kappa shape index (κ3) is 5.26. The summed E-state index contributed by atoms with van der Waals surface area (Å²) in [5, 5.41) is 0. The van der Waals surface area contributed by atoms with Crippen LogP contribution in [0.4, 0.5) is 0 Å². The fourth-order valence-electron chi connectivity index (χ4n) is 3.57. The van der Waals surface area contributed by atoms with Gasteiger partial charge in [0.2, 0.25) is 5.90 Å². The van der Waals surface area contributed by atoms with Gasteiger partial charge in [0.05, 0.1) is 0 Å². The molecule has 0 saturated carbocycles. The molecule has 5 heteroatoms. The van der Waals surface area contributed by atoms with Crippen LogP contribution >= 0.6 is 22.6 Å². The molecular weight excluding hydrogens is 537 g/mol. The highest BCUT2D eigenvalue weighted by atomic mass is 127. The molecule has 0 radical (unpaired) electrons. The summed E-state index contributed by atoms with van der Waals surface area (Å²) in [7, 11) is 0. The Morgan fingerprint density at radius 3 is 2.26 bits per heavy atom. The first-order valence-corrected chi connectivity index (χ1v) is 11.9. The molecule has 5 rings (SSSR count). The fraction of sp³-hybridized carbons (Fsp3) is 0.0345. The number of rotatable bonds is 6. The summed E-state index contributed by atoms with van der Waals surface area (Å²) in [4.78, 5) is 16.9. The van der Waals surface area contributed by atoms with Gasteiger partial charge in [0, 0.05) is 9.13 Å². The molecule has 0 spiro atoms. The van der Waals surface area contributed by atoms with Gasteiger partial charge < -0.3 is 9.47 Å². The molecule has 0 fully saturated rings. The van der Waals surface area contributed by atoms with Crippen LogP contribution in [0, 0.1) is 3.57 Å². The monoisotopic (exact) mass is 557 g/mol. The van der Waals surface area contributed by atoms with Crippen LogP contribution in [0.15, 0.2) is 114 Å². The second kappa shape index (κ2) is 10.1. The number of hydrogen-bond donors (Lipinski definition) is 0. The number of carbonyl (C=O) groups is 1. The standard InChI is InChI=1S/C29H20INO3/c30-25-15-9-20(10-16-25)19-33-26-8-4-5-21(17-26)18-27-29(32)34-28(31-27)24-13-11-23(12-14-24)22-6-2-1-3-7-22/h1-18H,19H2/b27-18-. The molecule has 0 N–H and O–H groups in total. The lowest BCUT2D eigenvalue weighted by Crippen LogP contribution is -2.05. The van der Waals surface area contributed by atoms with E-state index in [1.807, 2.05) is 78.9 Å². The Bertz CT molecular complexity index is 1380. The first-order chi connectivity index (χ1) is 16.6. The number of halogens is 1. The highest BCUT2D eigenvalue weighted by Gasteiger charge is 2.24. The Morgan fingerprint density at radius 2 is 1.50 bits per heavy atom. The molecule has 166 valence electrons.